The minimum absolute atomic E-state index is 0.112. The number of hydrogen-bond acceptors (Lipinski definition) is 4. The van der Waals surface area contributed by atoms with Gasteiger partial charge in [-0.25, -0.2) is 0 Å². The van der Waals surface area contributed by atoms with Gasteiger partial charge in [0.25, 0.3) is 0 Å². The lowest BCUT2D eigenvalue weighted by Gasteiger charge is -2.17. The highest BCUT2D eigenvalue weighted by Gasteiger charge is 2.35. The average Bonchev–Trinajstić information content (AvgIpc) is 3.09. The Bertz CT molecular complexity index is 894. The summed E-state index contributed by atoms with van der Waals surface area (Å²) in [5, 5.41) is 11.9. The number of carbonyl (C=O) groups excluding carboxylic acids is 2. The molecule has 2 aromatic carbocycles. The molecular formula is C21H22N2O5. The average molecular weight is 382 g/mol. The van der Waals surface area contributed by atoms with Gasteiger partial charge in [0.1, 0.15) is 5.75 Å². The normalized spacial score (nSPS) is 17.3. The van der Waals surface area contributed by atoms with Crippen molar-refractivity contribution < 1.29 is 24.2 Å². The number of nitrogens with zero attached hydrogens (tertiary/aromatic N) is 1. The highest BCUT2D eigenvalue weighted by molar-refractivity contribution is 6.03. The largest absolute Gasteiger partial charge is 0.497 e. The van der Waals surface area contributed by atoms with Crippen molar-refractivity contribution >= 4 is 29.2 Å². The van der Waals surface area contributed by atoms with Crippen molar-refractivity contribution in [2.75, 3.05) is 23.9 Å². The first-order chi connectivity index (χ1) is 13.4. The van der Waals surface area contributed by atoms with Gasteiger partial charge in [0.2, 0.25) is 11.8 Å². The number of methoxy groups -OCH3 is 1. The van der Waals surface area contributed by atoms with Crippen LogP contribution in [0.25, 0.3) is 0 Å². The highest BCUT2D eigenvalue weighted by atomic mass is 16.5. The van der Waals surface area contributed by atoms with Crippen molar-refractivity contribution in [3.8, 4) is 5.75 Å². The van der Waals surface area contributed by atoms with E-state index in [1.807, 2.05) is 0 Å². The van der Waals surface area contributed by atoms with E-state index in [9.17, 15) is 14.4 Å². The third-order valence-corrected chi connectivity index (χ3v) is 4.90. The Balaban J connectivity index is 1.68. The third-order valence-electron chi connectivity index (χ3n) is 4.90. The SMILES string of the molecule is COc1ccc(N2CC(C(=O)Nc3cccc(C(C)C(=O)O)c3)CC2=O)cc1. The number of amides is 2. The fraction of sp³-hybridized carbons (Fsp3) is 0.286. The van der Waals surface area contributed by atoms with Gasteiger partial charge in [-0.2, -0.15) is 0 Å². The first-order valence-corrected chi connectivity index (χ1v) is 8.97. The Labute approximate surface area is 162 Å². The summed E-state index contributed by atoms with van der Waals surface area (Å²) in [6.07, 6.45) is 0.128. The summed E-state index contributed by atoms with van der Waals surface area (Å²) in [6, 6.07) is 13.9. The second-order valence-corrected chi connectivity index (χ2v) is 6.78. The van der Waals surface area contributed by atoms with E-state index in [1.165, 1.54) is 0 Å². The van der Waals surface area contributed by atoms with E-state index < -0.39 is 17.8 Å². The predicted molar refractivity (Wildman–Crippen MR) is 105 cm³/mol. The molecule has 2 N–H and O–H groups in total. The number of hydrogen-bond donors (Lipinski definition) is 2. The first-order valence-electron chi connectivity index (χ1n) is 8.97. The zero-order valence-corrected chi connectivity index (χ0v) is 15.7. The molecule has 0 bridgehead atoms. The number of anilines is 2. The number of carbonyl (C=O) groups is 3. The van der Waals surface area contributed by atoms with Gasteiger partial charge in [-0.1, -0.05) is 12.1 Å². The van der Waals surface area contributed by atoms with Crippen molar-refractivity contribution in [2.24, 2.45) is 5.92 Å². The molecule has 0 spiro atoms. The van der Waals surface area contributed by atoms with Crippen LogP contribution in [0, 0.1) is 5.92 Å². The molecule has 1 aliphatic heterocycles. The molecule has 0 radical (unpaired) electrons. The van der Waals surface area contributed by atoms with Crippen molar-refractivity contribution in [1.82, 2.24) is 0 Å². The minimum Gasteiger partial charge on any atom is -0.497 e. The summed E-state index contributed by atoms with van der Waals surface area (Å²) in [4.78, 5) is 37.7. The van der Waals surface area contributed by atoms with Crippen LogP contribution in [0.2, 0.25) is 0 Å². The van der Waals surface area contributed by atoms with Crippen molar-refractivity contribution in [2.45, 2.75) is 19.3 Å². The second kappa shape index (κ2) is 8.12. The molecule has 0 aromatic heterocycles. The zero-order valence-electron chi connectivity index (χ0n) is 15.7. The predicted octanol–water partition coefficient (Wildman–Crippen LogP) is 2.87. The molecule has 2 amide bonds. The molecule has 7 heteroatoms. The fourth-order valence-electron chi connectivity index (χ4n) is 3.17. The minimum atomic E-state index is -0.931. The van der Waals surface area contributed by atoms with Crippen molar-refractivity contribution in [1.29, 1.82) is 0 Å². The molecule has 7 nitrogen and oxygen atoms in total. The Morgan fingerprint density at radius 2 is 1.93 bits per heavy atom. The van der Waals surface area contributed by atoms with E-state index >= 15 is 0 Å². The third kappa shape index (κ3) is 4.14. The highest BCUT2D eigenvalue weighted by Crippen LogP contribution is 2.28. The van der Waals surface area contributed by atoms with Gasteiger partial charge >= 0.3 is 5.97 Å². The second-order valence-electron chi connectivity index (χ2n) is 6.78. The van der Waals surface area contributed by atoms with Crippen LogP contribution >= 0.6 is 0 Å². The molecule has 0 saturated carbocycles. The van der Waals surface area contributed by atoms with E-state index in [0.29, 0.717) is 23.5 Å². The van der Waals surface area contributed by atoms with Crippen LogP contribution in [-0.2, 0) is 14.4 Å². The van der Waals surface area contributed by atoms with E-state index in [0.717, 1.165) is 5.69 Å². The van der Waals surface area contributed by atoms with E-state index in [1.54, 1.807) is 67.5 Å². The number of carboxylic acid groups (broad SMARTS) is 1. The lowest BCUT2D eigenvalue weighted by atomic mass is 10.0. The van der Waals surface area contributed by atoms with Crippen LogP contribution in [-0.4, -0.2) is 36.5 Å². The summed E-state index contributed by atoms with van der Waals surface area (Å²) >= 11 is 0. The lowest BCUT2D eigenvalue weighted by molar-refractivity contribution is -0.138. The van der Waals surface area contributed by atoms with Gasteiger partial charge in [0.05, 0.1) is 18.9 Å². The Morgan fingerprint density at radius 3 is 2.57 bits per heavy atom. The topological polar surface area (TPSA) is 95.9 Å². The van der Waals surface area contributed by atoms with Crippen LogP contribution in [0.3, 0.4) is 0 Å². The number of benzene rings is 2. The Kier molecular flexibility index (Phi) is 5.63. The van der Waals surface area contributed by atoms with E-state index in [-0.39, 0.29) is 18.2 Å². The summed E-state index contributed by atoms with van der Waals surface area (Å²) in [5.41, 5.74) is 1.84. The summed E-state index contributed by atoms with van der Waals surface area (Å²) in [5.74, 6) is -1.76. The quantitative estimate of drug-likeness (QED) is 0.801. The maximum absolute atomic E-state index is 12.6. The molecule has 2 atom stereocenters. The summed E-state index contributed by atoms with van der Waals surface area (Å²) in [6.45, 7) is 1.88. The van der Waals surface area contributed by atoms with Gasteiger partial charge < -0.3 is 20.1 Å². The monoisotopic (exact) mass is 382 g/mol. The van der Waals surface area contributed by atoms with E-state index in [2.05, 4.69) is 5.32 Å². The molecule has 3 rings (SSSR count). The first kappa shape index (κ1) is 19.4. The number of aliphatic carboxylic acids is 1. The van der Waals surface area contributed by atoms with E-state index in [4.69, 9.17) is 9.84 Å². The zero-order chi connectivity index (χ0) is 20.3. The maximum atomic E-state index is 12.6. The standard InChI is InChI=1S/C21H22N2O5/c1-13(21(26)27)14-4-3-5-16(10-14)22-20(25)15-11-19(24)23(12-15)17-6-8-18(28-2)9-7-17/h3-10,13,15H,11-12H2,1-2H3,(H,22,25)(H,26,27). The number of rotatable bonds is 6. The van der Waals surface area contributed by atoms with Crippen LogP contribution in [0.5, 0.6) is 5.75 Å². The van der Waals surface area contributed by atoms with Crippen LogP contribution in [0.4, 0.5) is 11.4 Å². The number of ether oxygens (including phenoxy) is 1. The smallest absolute Gasteiger partial charge is 0.310 e. The molecule has 1 saturated heterocycles. The van der Waals surface area contributed by atoms with Crippen LogP contribution in [0.15, 0.2) is 48.5 Å². The number of carboxylic acids is 1. The van der Waals surface area contributed by atoms with Gasteiger partial charge in [-0.3, -0.25) is 14.4 Å². The molecule has 28 heavy (non-hydrogen) atoms. The lowest BCUT2D eigenvalue weighted by Crippen LogP contribution is -2.28. The molecule has 0 aliphatic carbocycles. The molecule has 146 valence electrons. The van der Waals surface area contributed by atoms with Crippen LogP contribution in [0.1, 0.15) is 24.8 Å². The summed E-state index contributed by atoms with van der Waals surface area (Å²) < 4.78 is 5.12. The molecule has 1 heterocycles. The fourth-order valence-corrected chi connectivity index (χ4v) is 3.17. The van der Waals surface area contributed by atoms with Gasteiger partial charge in [0, 0.05) is 24.3 Å². The summed E-state index contributed by atoms with van der Waals surface area (Å²) in [7, 11) is 1.57. The van der Waals surface area contributed by atoms with Crippen LogP contribution < -0.4 is 15.0 Å². The Morgan fingerprint density at radius 1 is 1.21 bits per heavy atom. The Hall–Kier alpha value is -3.35. The van der Waals surface area contributed by atoms with Crippen molar-refractivity contribution in [3.63, 3.8) is 0 Å². The molecule has 1 aliphatic rings. The molecule has 2 aromatic rings. The van der Waals surface area contributed by atoms with Gasteiger partial charge in [-0.05, 0) is 48.9 Å². The van der Waals surface area contributed by atoms with Gasteiger partial charge in [0.15, 0.2) is 0 Å². The molecule has 2 unspecified atom stereocenters. The number of nitrogens with one attached hydrogen (secondary N) is 1. The molecule has 1 fully saturated rings. The van der Waals surface area contributed by atoms with Gasteiger partial charge in [-0.15, -0.1) is 0 Å². The van der Waals surface area contributed by atoms with Crippen molar-refractivity contribution in [3.05, 3.63) is 54.1 Å². The maximum Gasteiger partial charge on any atom is 0.310 e. The molecular weight excluding hydrogens is 360 g/mol.